The quantitative estimate of drug-likeness (QED) is 0.773. The molecule has 142 valence electrons. The summed E-state index contributed by atoms with van der Waals surface area (Å²) < 4.78 is 5.53. The maximum absolute atomic E-state index is 13.0. The topological polar surface area (TPSA) is 46.6 Å². The monoisotopic (exact) mass is 365 g/mol. The van der Waals surface area contributed by atoms with Crippen molar-refractivity contribution in [3.8, 4) is 5.75 Å². The molecule has 0 N–H and O–H groups in total. The standard InChI is InChI=1S/C23H27NO3/c1-27-16-5-4-15-10-23-11-17-19(25)9-21(23)24(13-14-2-3-14)7-6-22(23,12-20(17)26)18(15)8-16/h4-5,8,14,17,21H,2-3,6-7,9-13H2,1H3/t17-,21-,22-,23-/m1/s1. The van der Waals surface area contributed by atoms with Gasteiger partial charge in [0.15, 0.2) is 0 Å². The first-order chi connectivity index (χ1) is 13.1. The molecule has 6 rings (SSSR count). The van der Waals surface area contributed by atoms with Gasteiger partial charge in [-0.1, -0.05) is 6.07 Å². The number of Topliss-reactive ketones (excluding diaryl/α,β-unsaturated/α-hetero) is 2. The molecule has 1 spiro atoms. The van der Waals surface area contributed by atoms with Gasteiger partial charge in [-0.3, -0.25) is 14.5 Å². The number of ether oxygens (including phenoxy) is 1. The Hall–Kier alpha value is -1.68. The average Bonchev–Trinajstić information content (AvgIpc) is 3.43. The molecule has 4 aliphatic carbocycles. The molecule has 1 heterocycles. The number of likely N-dealkylation sites (tertiary alicyclic amines) is 1. The third-order valence-corrected chi connectivity index (χ3v) is 8.60. The summed E-state index contributed by atoms with van der Waals surface area (Å²) in [5, 5.41) is 0. The number of hydrogen-bond donors (Lipinski definition) is 0. The van der Waals surface area contributed by atoms with Crippen LogP contribution in [0.15, 0.2) is 18.2 Å². The third kappa shape index (κ3) is 1.98. The van der Waals surface area contributed by atoms with Crippen molar-refractivity contribution in [2.24, 2.45) is 17.3 Å². The number of benzene rings is 1. The molecule has 1 saturated heterocycles. The van der Waals surface area contributed by atoms with Crippen molar-refractivity contribution in [3.05, 3.63) is 29.3 Å². The van der Waals surface area contributed by atoms with Gasteiger partial charge in [0.05, 0.1) is 13.0 Å². The molecule has 27 heavy (non-hydrogen) atoms. The van der Waals surface area contributed by atoms with Crippen molar-refractivity contribution in [1.29, 1.82) is 0 Å². The Kier molecular flexibility index (Phi) is 3.15. The van der Waals surface area contributed by atoms with Gasteiger partial charge in [-0.15, -0.1) is 0 Å². The zero-order chi connectivity index (χ0) is 18.4. The molecule has 1 aromatic rings. The van der Waals surface area contributed by atoms with Crippen LogP contribution >= 0.6 is 0 Å². The van der Waals surface area contributed by atoms with Crippen LogP contribution in [0.25, 0.3) is 0 Å². The maximum Gasteiger partial charge on any atom is 0.144 e. The lowest BCUT2D eigenvalue weighted by Gasteiger charge is -2.63. The molecule has 0 unspecified atom stereocenters. The van der Waals surface area contributed by atoms with Crippen molar-refractivity contribution >= 4 is 11.6 Å². The molecule has 5 aliphatic rings. The van der Waals surface area contributed by atoms with Crippen molar-refractivity contribution in [2.45, 2.75) is 56.4 Å². The van der Waals surface area contributed by atoms with E-state index in [0.29, 0.717) is 18.9 Å². The lowest BCUT2D eigenvalue weighted by Crippen LogP contribution is -2.69. The predicted molar refractivity (Wildman–Crippen MR) is 101 cm³/mol. The molecule has 1 aromatic carbocycles. The number of hydrogen-bond acceptors (Lipinski definition) is 4. The van der Waals surface area contributed by atoms with E-state index < -0.39 is 0 Å². The summed E-state index contributed by atoms with van der Waals surface area (Å²) in [5.74, 6) is 1.78. The van der Waals surface area contributed by atoms with E-state index >= 15 is 0 Å². The Morgan fingerprint density at radius 1 is 1.19 bits per heavy atom. The number of ketones is 2. The molecule has 1 aliphatic heterocycles. The zero-order valence-corrected chi connectivity index (χ0v) is 16.0. The van der Waals surface area contributed by atoms with E-state index in [4.69, 9.17) is 4.74 Å². The number of carbonyl (C=O) groups excluding carboxylic acids is 2. The fraction of sp³-hybridized carbons (Fsp3) is 0.652. The van der Waals surface area contributed by atoms with Crippen LogP contribution in [0, 0.1) is 17.3 Å². The van der Waals surface area contributed by atoms with E-state index in [0.717, 1.165) is 44.0 Å². The van der Waals surface area contributed by atoms with Gasteiger partial charge in [0.25, 0.3) is 0 Å². The summed E-state index contributed by atoms with van der Waals surface area (Å²) in [4.78, 5) is 28.5. The average molecular weight is 365 g/mol. The van der Waals surface area contributed by atoms with Crippen LogP contribution < -0.4 is 4.74 Å². The van der Waals surface area contributed by atoms with Gasteiger partial charge < -0.3 is 4.74 Å². The van der Waals surface area contributed by atoms with Crippen LogP contribution in [0.3, 0.4) is 0 Å². The SMILES string of the molecule is COc1ccc2c(c1)[C@]13CCN(CC4CC4)[C@@H]4CC(=O)[C@@H](C[C@]41C2)C(=O)C3. The number of fused-ring (bicyclic) bond motifs is 2. The summed E-state index contributed by atoms with van der Waals surface area (Å²) in [6.07, 6.45) is 6.65. The number of methoxy groups -OCH3 is 1. The Morgan fingerprint density at radius 3 is 2.81 bits per heavy atom. The van der Waals surface area contributed by atoms with Gasteiger partial charge in [0.2, 0.25) is 0 Å². The minimum absolute atomic E-state index is 0.0569. The summed E-state index contributed by atoms with van der Waals surface area (Å²) >= 11 is 0. The van der Waals surface area contributed by atoms with Gasteiger partial charge in [-0.2, -0.15) is 0 Å². The molecule has 0 aromatic heterocycles. The second-order valence-electron chi connectivity index (χ2n) is 9.71. The van der Waals surface area contributed by atoms with Crippen LogP contribution in [0.1, 0.15) is 49.7 Å². The lowest BCUT2D eigenvalue weighted by molar-refractivity contribution is -0.162. The highest BCUT2D eigenvalue weighted by Crippen LogP contribution is 2.68. The molecule has 4 atom stereocenters. The summed E-state index contributed by atoms with van der Waals surface area (Å²) in [5.41, 5.74) is 2.70. The van der Waals surface area contributed by atoms with E-state index in [1.165, 1.54) is 24.0 Å². The molecule has 4 heteroatoms. The number of rotatable bonds is 3. The van der Waals surface area contributed by atoms with Crippen LogP contribution in [-0.2, 0) is 21.4 Å². The van der Waals surface area contributed by atoms with Gasteiger partial charge in [0, 0.05) is 36.3 Å². The smallest absolute Gasteiger partial charge is 0.144 e. The van der Waals surface area contributed by atoms with Crippen molar-refractivity contribution in [1.82, 2.24) is 4.90 Å². The largest absolute Gasteiger partial charge is 0.497 e. The van der Waals surface area contributed by atoms with Gasteiger partial charge in [-0.05, 0) is 67.8 Å². The molecule has 4 nitrogen and oxygen atoms in total. The van der Waals surface area contributed by atoms with Crippen molar-refractivity contribution in [2.75, 3.05) is 20.2 Å². The Morgan fingerprint density at radius 2 is 2.04 bits per heavy atom. The maximum atomic E-state index is 13.0. The van der Waals surface area contributed by atoms with Gasteiger partial charge in [0.1, 0.15) is 17.3 Å². The first-order valence-electron chi connectivity index (χ1n) is 10.5. The summed E-state index contributed by atoms with van der Waals surface area (Å²) in [6, 6.07) is 6.78. The number of carbonyl (C=O) groups is 2. The van der Waals surface area contributed by atoms with Crippen molar-refractivity contribution < 1.29 is 14.3 Å². The van der Waals surface area contributed by atoms with E-state index in [-0.39, 0.29) is 28.3 Å². The van der Waals surface area contributed by atoms with E-state index in [2.05, 4.69) is 23.1 Å². The highest BCUT2D eigenvalue weighted by molar-refractivity contribution is 6.05. The predicted octanol–water partition coefficient (Wildman–Crippen LogP) is 2.91. The van der Waals surface area contributed by atoms with Crippen LogP contribution in [0.2, 0.25) is 0 Å². The second kappa shape index (κ2) is 5.22. The van der Waals surface area contributed by atoms with Crippen molar-refractivity contribution in [3.63, 3.8) is 0 Å². The summed E-state index contributed by atoms with van der Waals surface area (Å²) in [7, 11) is 1.71. The minimum atomic E-state index is -0.341. The highest BCUT2D eigenvalue weighted by Gasteiger charge is 2.70. The number of piperidine rings is 1. The molecule has 2 bridgehead atoms. The highest BCUT2D eigenvalue weighted by atomic mass is 16.5. The summed E-state index contributed by atoms with van der Waals surface area (Å²) in [6.45, 7) is 2.17. The first-order valence-corrected chi connectivity index (χ1v) is 10.5. The van der Waals surface area contributed by atoms with E-state index in [1.54, 1.807) is 7.11 Å². The van der Waals surface area contributed by atoms with Crippen LogP contribution in [-0.4, -0.2) is 42.7 Å². The first kappa shape index (κ1) is 16.3. The molecular weight excluding hydrogens is 338 g/mol. The van der Waals surface area contributed by atoms with Crippen LogP contribution in [0.5, 0.6) is 5.75 Å². The molecular formula is C23H27NO3. The second-order valence-corrected chi connectivity index (χ2v) is 9.71. The Balaban J connectivity index is 1.51. The Labute approximate surface area is 160 Å². The van der Waals surface area contributed by atoms with E-state index in [1.807, 2.05) is 0 Å². The molecule has 0 amide bonds. The molecule has 0 radical (unpaired) electrons. The Bertz CT molecular complexity index is 859. The minimum Gasteiger partial charge on any atom is -0.497 e. The molecule has 3 saturated carbocycles. The number of nitrogens with zero attached hydrogens (tertiary/aromatic N) is 1. The van der Waals surface area contributed by atoms with E-state index in [9.17, 15) is 9.59 Å². The third-order valence-electron chi connectivity index (χ3n) is 8.60. The fourth-order valence-corrected chi connectivity index (χ4v) is 7.18. The van der Waals surface area contributed by atoms with Gasteiger partial charge in [-0.25, -0.2) is 0 Å². The zero-order valence-electron chi connectivity index (χ0n) is 16.0. The van der Waals surface area contributed by atoms with Crippen LogP contribution in [0.4, 0.5) is 0 Å². The molecule has 4 fully saturated rings. The van der Waals surface area contributed by atoms with Gasteiger partial charge >= 0.3 is 0 Å². The normalized spacial score (nSPS) is 39.9. The fourth-order valence-electron chi connectivity index (χ4n) is 7.18. The lowest BCUT2D eigenvalue weighted by atomic mass is 9.44.